The third kappa shape index (κ3) is 4.46. The van der Waals surface area contributed by atoms with Crippen molar-refractivity contribution in [3.63, 3.8) is 0 Å². The Kier molecular flexibility index (Phi) is 5.62. The summed E-state index contributed by atoms with van der Waals surface area (Å²) < 4.78 is 0. The molecule has 0 aromatic heterocycles. The molecule has 1 aromatic rings. The molecule has 5 heteroatoms. The predicted octanol–water partition coefficient (Wildman–Crippen LogP) is 3.48. The molecule has 1 fully saturated rings. The van der Waals surface area contributed by atoms with E-state index in [4.69, 9.17) is 16.4 Å². The monoisotopic (exact) mass is 308 g/mol. The van der Waals surface area contributed by atoms with Gasteiger partial charge in [0, 0.05) is 17.1 Å². The van der Waals surface area contributed by atoms with Crippen LogP contribution in [0.25, 0.3) is 0 Å². The van der Waals surface area contributed by atoms with Gasteiger partial charge >= 0.3 is 0 Å². The highest BCUT2D eigenvalue weighted by Gasteiger charge is 2.28. The Balaban J connectivity index is 1.82. The van der Waals surface area contributed by atoms with Crippen molar-refractivity contribution in [2.45, 2.75) is 45.2 Å². The fourth-order valence-corrected chi connectivity index (χ4v) is 2.85. The lowest BCUT2D eigenvalue weighted by Crippen LogP contribution is -2.48. The molecule has 1 amide bonds. The molecule has 0 N–H and O–H groups in total. The third-order valence-electron chi connectivity index (χ3n) is 3.82. The minimum Gasteiger partial charge on any atom is -0.386 e. The molecule has 114 valence electrons. The maximum absolute atomic E-state index is 12.2. The zero-order valence-electron chi connectivity index (χ0n) is 12.5. The van der Waals surface area contributed by atoms with Gasteiger partial charge in [0.1, 0.15) is 0 Å². The van der Waals surface area contributed by atoms with Gasteiger partial charge in [-0.3, -0.25) is 4.79 Å². The molecule has 2 atom stereocenters. The summed E-state index contributed by atoms with van der Waals surface area (Å²) in [5.74, 6) is 0.00274. The number of halogens is 1. The number of benzene rings is 1. The lowest BCUT2D eigenvalue weighted by molar-refractivity contribution is -0.142. The molecule has 1 aliphatic heterocycles. The molecule has 0 saturated carbocycles. The van der Waals surface area contributed by atoms with Crippen molar-refractivity contribution in [3.8, 4) is 0 Å². The first kappa shape index (κ1) is 15.8. The average Bonchev–Trinajstić information content (AvgIpc) is 2.45. The van der Waals surface area contributed by atoms with Crippen molar-refractivity contribution < 1.29 is 9.63 Å². The van der Waals surface area contributed by atoms with E-state index in [0.717, 1.165) is 18.4 Å². The molecule has 0 aliphatic carbocycles. The van der Waals surface area contributed by atoms with Crippen LogP contribution in [0.1, 0.15) is 38.7 Å². The van der Waals surface area contributed by atoms with Crippen LogP contribution in [0.5, 0.6) is 0 Å². The van der Waals surface area contributed by atoms with Gasteiger partial charge in [-0.05, 0) is 50.8 Å². The molecule has 1 aromatic carbocycles. The van der Waals surface area contributed by atoms with Crippen LogP contribution in [0.3, 0.4) is 0 Å². The Morgan fingerprint density at radius 3 is 2.57 bits per heavy atom. The maximum Gasteiger partial charge on any atom is 0.263 e. The highest BCUT2D eigenvalue weighted by atomic mass is 35.5. The van der Waals surface area contributed by atoms with Crippen LogP contribution in [-0.2, 0) is 9.63 Å². The maximum atomic E-state index is 12.2. The second-order valence-corrected chi connectivity index (χ2v) is 5.93. The summed E-state index contributed by atoms with van der Waals surface area (Å²) >= 11 is 5.80. The number of likely N-dealkylation sites (tertiary alicyclic amines) is 1. The van der Waals surface area contributed by atoms with E-state index in [2.05, 4.69) is 19.0 Å². The van der Waals surface area contributed by atoms with Crippen LogP contribution in [0.4, 0.5) is 0 Å². The van der Waals surface area contributed by atoms with Crippen molar-refractivity contribution in [3.05, 3.63) is 34.9 Å². The molecular formula is C16H21ClN2O2. The molecule has 0 spiro atoms. The van der Waals surface area contributed by atoms with Crippen LogP contribution in [0.2, 0.25) is 5.02 Å². The van der Waals surface area contributed by atoms with Crippen LogP contribution in [-0.4, -0.2) is 35.7 Å². The number of oxime groups is 1. The van der Waals surface area contributed by atoms with Gasteiger partial charge in [0.05, 0.1) is 6.21 Å². The number of piperidine rings is 1. The second kappa shape index (κ2) is 7.46. The van der Waals surface area contributed by atoms with E-state index in [1.165, 1.54) is 6.42 Å². The van der Waals surface area contributed by atoms with Gasteiger partial charge in [0.15, 0.2) is 6.61 Å². The topological polar surface area (TPSA) is 41.9 Å². The van der Waals surface area contributed by atoms with Crippen LogP contribution in [0.15, 0.2) is 29.4 Å². The number of rotatable bonds is 4. The first-order chi connectivity index (χ1) is 10.1. The quantitative estimate of drug-likeness (QED) is 0.631. The molecule has 2 unspecified atom stereocenters. The second-order valence-electron chi connectivity index (χ2n) is 5.49. The van der Waals surface area contributed by atoms with Crippen molar-refractivity contribution >= 4 is 23.7 Å². The van der Waals surface area contributed by atoms with Crippen molar-refractivity contribution in [1.29, 1.82) is 0 Å². The SMILES string of the molecule is CC1CCCC(C)N1C(=O)CO/N=C/c1ccc(Cl)cc1. The molecule has 2 rings (SSSR count). The number of carbonyl (C=O) groups is 1. The molecule has 1 heterocycles. The fourth-order valence-electron chi connectivity index (χ4n) is 2.73. The predicted molar refractivity (Wildman–Crippen MR) is 84.6 cm³/mol. The fraction of sp³-hybridized carbons (Fsp3) is 0.500. The summed E-state index contributed by atoms with van der Waals surface area (Å²) in [5, 5.41) is 4.52. The number of hydrogen-bond donors (Lipinski definition) is 0. The number of carbonyl (C=O) groups excluding carboxylic acids is 1. The smallest absolute Gasteiger partial charge is 0.263 e. The summed E-state index contributed by atoms with van der Waals surface area (Å²) in [5.41, 5.74) is 0.881. The van der Waals surface area contributed by atoms with E-state index >= 15 is 0 Å². The zero-order valence-corrected chi connectivity index (χ0v) is 13.2. The minimum absolute atomic E-state index is 0.00274. The third-order valence-corrected chi connectivity index (χ3v) is 4.07. The van der Waals surface area contributed by atoms with Gasteiger partial charge in [-0.1, -0.05) is 28.9 Å². The van der Waals surface area contributed by atoms with Crippen molar-refractivity contribution in [2.24, 2.45) is 5.16 Å². The van der Waals surface area contributed by atoms with E-state index in [0.29, 0.717) is 5.02 Å². The molecule has 0 radical (unpaired) electrons. The highest BCUT2D eigenvalue weighted by Crippen LogP contribution is 2.22. The van der Waals surface area contributed by atoms with Crippen LogP contribution >= 0.6 is 11.6 Å². The van der Waals surface area contributed by atoms with E-state index < -0.39 is 0 Å². The lowest BCUT2D eigenvalue weighted by atomic mass is 9.97. The first-order valence-electron chi connectivity index (χ1n) is 7.30. The molecule has 21 heavy (non-hydrogen) atoms. The van der Waals surface area contributed by atoms with Crippen molar-refractivity contribution in [1.82, 2.24) is 4.90 Å². The van der Waals surface area contributed by atoms with Gasteiger partial charge in [0.2, 0.25) is 0 Å². The molecule has 1 saturated heterocycles. The Morgan fingerprint density at radius 2 is 1.95 bits per heavy atom. The summed E-state index contributed by atoms with van der Waals surface area (Å²) in [6.07, 6.45) is 4.88. The van der Waals surface area contributed by atoms with Crippen LogP contribution < -0.4 is 0 Å². The summed E-state index contributed by atoms with van der Waals surface area (Å²) in [6.45, 7) is 4.16. The molecular weight excluding hydrogens is 288 g/mol. The lowest BCUT2D eigenvalue weighted by Gasteiger charge is -2.38. The molecule has 0 bridgehead atoms. The first-order valence-corrected chi connectivity index (χ1v) is 7.68. The largest absolute Gasteiger partial charge is 0.386 e. The minimum atomic E-state index is -0.0151. The zero-order chi connectivity index (χ0) is 15.2. The number of nitrogens with zero attached hydrogens (tertiary/aromatic N) is 2. The Morgan fingerprint density at radius 1 is 1.33 bits per heavy atom. The van der Waals surface area contributed by atoms with E-state index in [9.17, 15) is 4.79 Å². The van der Waals surface area contributed by atoms with Gasteiger partial charge in [-0.25, -0.2) is 0 Å². The van der Waals surface area contributed by atoms with Gasteiger partial charge < -0.3 is 9.74 Å². The van der Waals surface area contributed by atoms with Crippen molar-refractivity contribution in [2.75, 3.05) is 6.61 Å². The Hall–Kier alpha value is -1.55. The number of hydrogen-bond acceptors (Lipinski definition) is 3. The summed E-state index contributed by atoms with van der Waals surface area (Å²) in [7, 11) is 0. The van der Waals surface area contributed by atoms with E-state index in [-0.39, 0.29) is 24.6 Å². The summed E-state index contributed by atoms with van der Waals surface area (Å²) in [6, 6.07) is 7.81. The standard InChI is InChI=1S/C16H21ClN2O2/c1-12-4-3-5-13(2)19(12)16(20)11-21-18-10-14-6-8-15(17)9-7-14/h6-10,12-13H,3-5,11H2,1-2H3/b18-10+. The Labute approximate surface area is 130 Å². The molecule has 1 aliphatic rings. The van der Waals surface area contributed by atoms with Gasteiger partial charge in [-0.15, -0.1) is 0 Å². The Bertz CT molecular complexity index is 492. The average molecular weight is 309 g/mol. The number of amides is 1. The summed E-state index contributed by atoms with van der Waals surface area (Å²) in [4.78, 5) is 19.2. The molecule has 4 nitrogen and oxygen atoms in total. The normalized spacial score (nSPS) is 22.5. The van der Waals surface area contributed by atoms with Crippen LogP contribution in [0, 0.1) is 0 Å². The van der Waals surface area contributed by atoms with E-state index in [1.807, 2.05) is 17.0 Å². The van der Waals surface area contributed by atoms with Gasteiger partial charge in [-0.2, -0.15) is 0 Å². The van der Waals surface area contributed by atoms with Gasteiger partial charge in [0.25, 0.3) is 5.91 Å². The van der Waals surface area contributed by atoms with E-state index in [1.54, 1.807) is 18.3 Å². The highest BCUT2D eigenvalue weighted by molar-refractivity contribution is 6.30.